The number of nitriles is 1. The Morgan fingerprint density at radius 3 is 2.83 bits per heavy atom. The number of nitrogen functional groups attached to an aromatic ring is 1. The van der Waals surface area contributed by atoms with Gasteiger partial charge in [-0.25, -0.2) is 4.63 Å². The van der Waals surface area contributed by atoms with Crippen molar-refractivity contribution in [1.82, 2.24) is 15.2 Å². The lowest BCUT2D eigenvalue weighted by atomic mass is 10.0. The Bertz CT molecular complexity index is 1030. The van der Waals surface area contributed by atoms with E-state index in [9.17, 15) is 4.79 Å². The first kappa shape index (κ1) is 18.4. The summed E-state index contributed by atoms with van der Waals surface area (Å²) < 4.78 is 4.91. The Labute approximate surface area is 167 Å². The van der Waals surface area contributed by atoms with Crippen LogP contribution in [0.3, 0.4) is 0 Å². The summed E-state index contributed by atoms with van der Waals surface area (Å²) in [6.45, 7) is 0.522. The molecule has 2 heterocycles. The van der Waals surface area contributed by atoms with Crippen LogP contribution in [-0.2, 0) is 0 Å². The number of rotatable bonds is 7. The summed E-state index contributed by atoms with van der Waals surface area (Å²) in [5.74, 6) is 0.869. The van der Waals surface area contributed by atoms with Crippen LogP contribution < -0.4 is 11.1 Å². The van der Waals surface area contributed by atoms with Crippen LogP contribution >= 0.6 is 0 Å². The van der Waals surface area contributed by atoms with Crippen molar-refractivity contribution in [2.24, 2.45) is 4.99 Å². The van der Waals surface area contributed by atoms with Crippen LogP contribution in [0, 0.1) is 11.3 Å². The minimum Gasteiger partial charge on any atom is -0.399 e. The Balaban J connectivity index is 1.61. The zero-order chi connectivity index (χ0) is 20.2. The molecular formula is C20H19N7O2. The number of nitrogens with zero attached hydrogens (tertiary/aromatic N) is 5. The Hall–Kier alpha value is -3.93. The zero-order valence-corrected chi connectivity index (χ0v) is 15.5. The van der Waals surface area contributed by atoms with Gasteiger partial charge < -0.3 is 16.0 Å². The maximum atomic E-state index is 12.9. The summed E-state index contributed by atoms with van der Waals surface area (Å²) in [6, 6.07) is 8.67. The lowest BCUT2D eigenvalue weighted by molar-refractivity contribution is 0.0957. The fraction of sp³-hybridized carbons (Fsp3) is 0.250. The largest absolute Gasteiger partial charge is 0.399 e. The number of amidine groups is 1. The molecule has 1 aliphatic carbocycles. The van der Waals surface area contributed by atoms with Crippen LogP contribution in [-0.4, -0.2) is 52.0 Å². The Kier molecular flexibility index (Phi) is 5.07. The van der Waals surface area contributed by atoms with Gasteiger partial charge in [0.25, 0.3) is 0 Å². The van der Waals surface area contributed by atoms with Gasteiger partial charge in [0.2, 0.25) is 5.82 Å². The summed E-state index contributed by atoms with van der Waals surface area (Å²) in [4.78, 5) is 19.6. The van der Waals surface area contributed by atoms with Crippen LogP contribution in [0.25, 0.3) is 0 Å². The number of fused-ring (bicyclic) bond motifs is 1. The topological polar surface area (TPSA) is 133 Å². The lowest BCUT2D eigenvalue weighted by Gasteiger charge is -2.27. The van der Waals surface area contributed by atoms with Gasteiger partial charge in [0, 0.05) is 17.8 Å². The van der Waals surface area contributed by atoms with Crippen LogP contribution in [0.5, 0.6) is 0 Å². The third-order valence-electron chi connectivity index (χ3n) is 4.76. The molecule has 2 aliphatic rings. The highest BCUT2D eigenvalue weighted by Gasteiger charge is 2.38. The molecule has 1 aliphatic heterocycles. The van der Waals surface area contributed by atoms with Gasteiger partial charge in [-0.3, -0.25) is 9.79 Å². The molecule has 2 aromatic rings. The average molecular weight is 389 g/mol. The number of aliphatic imine (C=N–C) groups is 1. The van der Waals surface area contributed by atoms with Gasteiger partial charge in [0.05, 0.1) is 31.1 Å². The van der Waals surface area contributed by atoms with Gasteiger partial charge in [-0.05, 0) is 34.6 Å². The van der Waals surface area contributed by atoms with E-state index in [1.165, 1.54) is 0 Å². The van der Waals surface area contributed by atoms with E-state index in [1.807, 2.05) is 29.2 Å². The molecule has 1 aromatic carbocycles. The number of Topliss-reactive ketones (excluding diaryl/α,β-unsaturated/α-hetero) is 1. The number of hydrogen-bond donors (Lipinski definition) is 2. The predicted octanol–water partition coefficient (Wildman–Crippen LogP) is 1.79. The summed E-state index contributed by atoms with van der Waals surface area (Å²) in [5.41, 5.74) is 7.32. The fourth-order valence-corrected chi connectivity index (χ4v) is 3.33. The molecule has 2 atom stereocenters. The number of nitrogens with two attached hydrogens (primary N) is 1. The maximum absolute atomic E-state index is 12.9. The highest BCUT2D eigenvalue weighted by molar-refractivity contribution is 6.06. The minimum atomic E-state index is -0.127. The van der Waals surface area contributed by atoms with E-state index in [1.54, 1.807) is 24.3 Å². The number of ketones is 1. The number of carbonyl (C=O) groups is 1. The highest BCUT2D eigenvalue weighted by Crippen LogP contribution is 2.28. The number of aromatic nitrogens is 2. The predicted molar refractivity (Wildman–Crippen MR) is 107 cm³/mol. The van der Waals surface area contributed by atoms with Crippen molar-refractivity contribution in [3.05, 3.63) is 59.8 Å². The van der Waals surface area contributed by atoms with Crippen molar-refractivity contribution >= 4 is 23.1 Å². The quantitative estimate of drug-likeness (QED) is 0.416. The van der Waals surface area contributed by atoms with Gasteiger partial charge in [0.15, 0.2) is 17.3 Å². The second-order valence-electron chi connectivity index (χ2n) is 6.67. The molecule has 3 N–H and O–H groups in total. The van der Waals surface area contributed by atoms with Crippen molar-refractivity contribution < 1.29 is 9.42 Å². The van der Waals surface area contributed by atoms with Crippen LogP contribution in [0.15, 0.2) is 58.2 Å². The standard InChI is InChI=1S/C20H19N7O2/c21-10-3-11-23-19-18(25-29-26-19)20-24-15-4-1-2-5-16(15)27(20)12-17(28)13-6-8-14(22)9-7-13/h1-2,4-9,15-16H,3,11-12,22H2,(H,23,26). The van der Waals surface area contributed by atoms with E-state index in [0.29, 0.717) is 41.6 Å². The molecule has 146 valence electrons. The van der Waals surface area contributed by atoms with E-state index < -0.39 is 0 Å². The molecule has 9 heteroatoms. The Morgan fingerprint density at radius 2 is 2.03 bits per heavy atom. The molecule has 0 bridgehead atoms. The molecule has 0 saturated heterocycles. The summed E-state index contributed by atoms with van der Waals surface area (Å²) in [5, 5.41) is 19.7. The van der Waals surface area contributed by atoms with E-state index in [0.717, 1.165) is 0 Å². The fourth-order valence-electron chi connectivity index (χ4n) is 3.33. The van der Waals surface area contributed by atoms with Crippen molar-refractivity contribution in [3.8, 4) is 6.07 Å². The molecule has 2 unspecified atom stereocenters. The first-order valence-corrected chi connectivity index (χ1v) is 9.19. The summed E-state index contributed by atoms with van der Waals surface area (Å²) in [6.07, 6.45) is 8.17. The molecular weight excluding hydrogens is 370 g/mol. The first-order chi connectivity index (χ1) is 14.2. The van der Waals surface area contributed by atoms with Gasteiger partial charge in [0.1, 0.15) is 0 Å². The monoisotopic (exact) mass is 389 g/mol. The third kappa shape index (κ3) is 3.73. The van der Waals surface area contributed by atoms with E-state index in [-0.39, 0.29) is 24.4 Å². The molecule has 0 spiro atoms. The second kappa shape index (κ2) is 7.98. The Morgan fingerprint density at radius 1 is 1.24 bits per heavy atom. The number of anilines is 2. The minimum absolute atomic E-state index is 0.0586. The van der Waals surface area contributed by atoms with E-state index in [4.69, 9.17) is 20.6 Å². The highest BCUT2D eigenvalue weighted by atomic mass is 16.6. The van der Waals surface area contributed by atoms with Crippen LogP contribution in [0.2, 0.25) is 0 Å². The number of carbonyl (C=O) groups excluding carboxylic acids is 1. The van der Waals surface area contributed by atoms with E-state index >= 15 is 0 Å². The molecule has 0 fully saturated rings. The second-order valence-corrected chi connectivity index (χ2v) is 6.67. The van der Waals surface area contributed by atoms with Crippen molar-refractivity contribution in [2.75, 3.05) is 24.1 Å². The third-order valence-corrected chi connectivity index (χ3v) is 4.76. The van der Waals surface area contributed by atoms with Gasteiger partial charge in [-0.1, -0.05) is 24.3 Å². The molecule has 4 rings (SSSR count). The SMILES string of the molecule is N#CCCNc1nonc1C1=NC2C=CC=CC2N1CC(=O)c1ccc(N)cc1. The van der Waals surface area contributed by atoms with Gasteiger partial charge in [-0.15, -0.1) is 0 Å². The molecule has 0 saturated carbocycles. The molecule has 9 nitrogen and oxygen atoms in total. The van der Waals surface area contributed by atoms with E-state index in [2.05, 4.69) is 21.7 Å². The lowest BCUT2D eigenvalue weighted by Crippen LogP contribution is -2.42. The van der Waals surface area contributed by atoms with Crippen LogP contribution in [0.1, 0.15) is 22.5 Å². The smallest absolute Gasteiger partial charge is 0.202 e. The van der Waals surface area contributed by atoms with Crippen molar-refractivity contribution in [2.45, 2.75) is 18.5 Å². The molecule has 0 radical (unpaired) electrons. The number of hydrogen-bond acceptors (Lipinski definition) is 9. The maximum Gasteiger partial charge on any atom is 0.202 e. The average Bonchev–Trinajstić information content (AvgIpc) is 3.33. The van der Waals surface area contributed by atoms with Gasteiger partial charge in [-0.2, -0.15) is 5.26 Å². The molecule has 29 heavy (non-hydrogen) atoms. The number of benzene rings is 1. The number of nitrogens with one attached hydrogen (secondary N) is 1. The number of allylic oxidation sites excluding steroid dienone is 2. The van der Waals surface area contributed by atoms with Crippen molar-refractivity contribution in [3.63, 3.8) is 0 Å². The summed E-state index contributed by atoms with van der Waals surface area (Å²) >= 11 is 0. The van der Waals surface area contributed by atoms with Gasteiger partial charge >= 0.3 is 0 Å². The van der Waals surface area contributed by atoms with Crippen molar-refractivity contribution in [1.29, 1.82) is 5.26 Å². The molecule has 1 aromatic heterocycles. The van der Waals surface area contributed by atoms with Crippen LogP contribution in [0.4, 0.5) is 11.5 Å². The first-order valence-electron chi connectivity index (χ1n) is 9.19. The summed E-state index contributed by atoms with van der Waals surface area (Å²) in [7, 11) is 0. The zero-order valence-electron chi connectivity index (χ0n) is 15.5. The normalized spacial score (nSPS) is 19.6. The molecule has 0 amide bonds.